The minimum atomic E-state index is 0. The third-order valence-electron chi connectivity index (χ3n) is 1.95. The van der Waals surface area contributed by atoms with Crippen LogP contribution in [0.1, 0.15) is 6.92 Å². The predicted molar refractivity (Wildman–Crippen MR) is 87.4 cm³/mol. The van der Waals surface area contributed by atoms with Crippen molar-refractivity contribution in [2.45, 2.75) is 6.92 Å². The highest BCUT2D eigenvalue weighted by molar-refractivity contribution is 8.92. The lowest BCUT2D eigenvalue weighted by atomic mass is 10.6. The first-order valence-corrected chi connectivity index (χ1v) is 14.3. The topological polar surface area (TPSA) is 6.48 Å². The first kappa shape index (κ1) is 20.3. The van der Waals surface area contributed by atoms with Crippen LogP contribution >= 0.6 is 49.7 Å². The molecule has 4 atom stereocenters. The van der Waals surface area contributed by atoms with Gasteiger partial charge in [0.1, 0.15) is 0 Å². The van der Waals surface area contributed by atoms with Gasteiger partial charge in [-0.25, -0.2) is 0 Å². The molecule has 0 spiro atoms. The van der Waals surface area contributed by atoms with Crippen molar-refractivity contribution >= 4 is 49.7 Å². The van der Waals surface area contributed by atoms with Crippen LogP contribution in [0.2, 0.25) is 0 Å². The third-order valence-corrected chi connectivity index (χ3v) is 23.3. The lowest BCUT2D eigenvalue weighted by Gasteiger charge is -2.10. The van der Waals surface area contributed by atoms with Gasteiger partial charge in [0.05, 0.1) is 6.67 Å². The minimum absolute atomic E-state index is 0. The van der Waals surface area contributed by atoms with Crippen molar-refractivity contribution in [3.05, 3.63) is 0 Å². The average Bonchev–Trinajstić information content (AvgIpc) is 2.52. The molecule has 1 aliphatic heterocycles. The van der Waals surface area contributed by atoms with Crippen LogP contribution < -0.4 is 17.0 Å². The van der Waals surface area contributed by atoms with Gasteiger partial charge in [-0.2, -0.15) is 0 Å². The molecular formula is C6H22BrN2P6-. The molecule has 0 amide bonds. The summed E-state index contributed by atoms with van der Waals surface area (Å²) in [5.41, 5.74) is 0. The van der Waals surface area contributed by atoms with Gasteiger partial charge in [0.2, 0.25) is 0 Å². The van der Waals surface area contributed by atoms with Crippen LogP contribution in [-0.4, -0.2) is 43.2 Å². The molecule has 0 aromatic carbocycles. The summed E-state index contributed by atoms with van der Waals surface area (Å²) in [5.74, 6) is 0. The van der Waals surface area contributed by atoms with Gasteiger partial charge < -0.3 is 17.0 Å². The SMILES string of the molecule is CCN1CCN(C)C1.PP(P)P(P)P.[Br-]. The maximum Gasteiger partial charge on any atom is 0.0504 e. The van der Waals surface area contributed by atoms with Gasteiger partial charge in [0, 0.05) is 13.1 Å². The van der Waals surface area contributed by atoms with E-state index in [0.29, 0.717) is 0 Å². The fourth-order valence-corrected chi connectivity index (χ4v) is 1.05. The Labute approximate surface area is 116 Å². The molecular weight excluding hydrogens is 366 g/mol. The Kier molecular flexibility index (Phi) is 16.3. The summed E-state index contributed by atoms with van der Waals surface area (Å²) in [4.78, 5) is 4.77. The van der Waals surface area contributed by atoms with E-state index in [1.165, 1.54) is 19.6 Å². The number of rotatable bonds is 2. The number of nitrogens with zero attached hydrogens (tertiary/aromatic N) is 2. The largest absolute Gasteiger partial charge is 1.00 e. The van der Waals surface area contributed by atoms with E-state index in [4.69, 9.17) is 0 Å². The zero-order chi connectivity index (χ0) is 11.1. The zero-order valence-electron chi connectivity index (χ0n) is 9.30. The van der Waals surface area contributed by atoms with E-state index in [2.05, 4.69) is 59.5 Å². The monoisotopic (exact) mass is 387 g/mol. The number of likely N-dealkylation sites (N-methyl/N-ethyl adjacent to an activating group) is 2. The van der Waals surface area contributed by atoms with Gasteiger partial charge in [0.15, 0.2) is 0 Å². The highest BCUT2D eigenvalue weighted by Gasteiger charge is 2.12. The first-order chi connectivity index (χ1) is 6.47. The molecule has 0 aromatic heterocycles. The predicted octanol–water partition coefficient (Wildman–Crippen LogP) is 0.241. The number of hydrogen-bond acceptors (Lipinski definition) is 2. The van der Waals surface area contributed by atoms with Gasteiger partial charge in [-0.3, -0.25) is 9.80 Å². The Hall–Kier alpha value is 2.98. The molecule has 2 nitrogen and oxygen atoms in total. The summed E-state index contributed by atoms with van der Waals surface area (Å²) in [6.07, 6.45) is 0. The van der Waals surface area contributed by atoms with Crippen molar-refractivity contribution in [2.75, 3.05) is 33.4 Å². The molecule has 0 bridgehead atoms. The lowest BCUT2D eigenvalue weighted by Crippen LogP contribution is -3.00. The Morgan fingerprint density at radius 3 is 1.67 bits per heavy atom. The fourth-order valence-electron chi connectivity index (χ4n) is 1.05. The van der Waals surface area contributed by atoms with E-state index in [1.54, 1.807) is 0 Å². The molecule has 1 aliphatic rings. The Bertz CT molecular complexity index is 144. The highest BCUT2D eigenvalue weighted by Crippen LogP contribution is 2.86. The molecule has 4 unspecified atom stereocenters. The molecule has 94 valence electrons. The second kappa shape index (κ2) is 12.0. The van der Waals surface area contributed by atoms with Crippen molar-refractivity contribution in [1.82, 2.24) is 9.80 Å². The number of halogens is 1. The summed E-state index contributed by atoms with van der Waals surface area (Å²) in [5, 5.41) is 0. The fraction of sp³-hybridized carbons (Fsp3) is 1.00. The quantitative estimate of drug-likeness (QED) is 0.626. The molecule has 0 N–H and O–H groups in total. The third kappa shape index (κ3) is 11.8. The van der Waals surface area contributed by atoms with Crippen LogP contribution in [0, 0.1) is 0 Å². The van der Waals surface area contributed by atoms with Gasteiger partial charge in [-0.15, -0.1) is 35.7 Å². The van der Waals surface area contributed by atoms with E-state index in [0.717, 1.165) is 6.67 Å². The van der Waals surface area contributed by atoms with Crippen LogP contribution in [0.25, 0.3) is 0 Å². The second-order valence-electron chi connectivity index (χ2n) is 3.19. The Balaban J connectivity index is 0. The standard InChI is InChI=1S/C6H14N2.BrH.H8P6/c1-3-8-5-4-7(2)6-8;;1-5(2)6(3)4/h3-6H2,1-2H3;1H;1-4H2/p-1. The van der Waals surface area contributed by atoms with Crippen LogP contribution in [0.3, 0.4) is 0 Å². The molecule has 0 aliphatic carbocycles. The molecule has 1 saturated heterocycles. The van der Waals surface area contributed by atoms with Crippen LogP contribution in [-0.2, 0) is 0 Å². The zero-order valence-corrected chi connectivity index (χ0v) is 17.3. The van der Waals surface area contributed by atoms with Crippen LogP contribution in [0.5, 0.6) is 0 Å². The molecule has 15 heavy (non-hydrogen) atoms. The molecule has 0 aromatic rings. The van der Waals surface area contributed by atoms with Gasteiger partial charge in [-0.05, 0) is 27.6 Å². The van der Waals surface area contributed by atoms with E-state index < -0.39 is 0 Å². The lowest BCUT2D eigenvalue weighted by molar-refractivity contribution is -0.00000254. The molecule has 1 fully saturated rings. The molecule has 0 saturated carbocycles. The van der Waals surface area contributed by atoms with E-state index in [9.17, 15) is 0 Å². The summed E-state index contributed by atoms with van der Waals surface area (Å²) in [7, 11) is 13.3. The van der Waals surface area contributed by atoms with E-state index in [1.807, 2.05) is 0 Å². The Morgan fingerprint density at radius 2 is 1.53 bits per heavy atom. The van der Waals surface area contributed by atoms with Crippen molar-refractivity contribution < 1.29 is 17.0 Å². The van der Waals surface area contributed by atoms with Gasteiger partial charge in [-0.1, -0.05) is 6.92 Å². The van der Waals surface area contributed by atoms with Gasteiger partial charge >= 0.3 is 0 Å². The Morgan fingerprint density at radius 1 is 1.07 bits per heavy atom. The van der Waals surface area contributed by atoms with Crippen molar-refractivity contribution in [2.24, 2.45) is 0 Å². The van der Waals surface area contributed by atoms with Crippen LogP contribution in [0.4, 0.5) is 0 Å². The molecule has 1 heterocycles. The summed E-state index contributed by atoms with van der Waals surface area (Å²) >= 11 is 0. The van der Waals surface area contributed by atoms with E-state index >= 15 is 0 Å². The molecule has 1 rings (SSSR count). The summed E-state index contributed by atoms with van der Waals surface area (Å²) in [6.45, 7) is 7.40. The first-order valence-electron chi connectivity index (χ1n) is 4.47. The minimum Gasteiger partial charge on any atom is -1.00 e. The highest BCUT2D eigenvalue weighted by atomic mass is 79.9. The van der Waals surface area contributed by atoms with E-state index in [-0.39, 0.29) is 31.0 Å². The maximum absolute atomic E-state index is 2.79. The smallest absolute Gasteiger partial charge is 0.0504 e. The van der Waals surface area contributed by atoms with Crippen molar-refractivity contribution in [3.8, 4) is 0 Å². The van der Waals surface area contributed by atoms with Crippen molar-refractivity contribution in [3.63, 3.8) is 0 Å². The van der Waals surface area contributed by atoms with Gasteiger partial charge in [0.25, 0.3) is 0 Å². The normalized spacial score (nSPS) is 17.6. The molecule has 9 heteroatoms. The number of hydrogen-bond donors (Lipinski definition) is 0. The second-order valence-corrected chi connectivity index (χ2v) is 23.0. The summed E-state index contributed by atoms with van der Waals surface area (Å²) in [6, 6.07) is 0. The molecule has 0 radical (unpaired) electrons. The average molecular weight is 388 g/mol. The van der Waals surface area contributed by atoms with Crippen LogP contribution in [0.15, 0.2) is 0 Å². The summed E-state index contributed by atoms with van der Waals surface area (Å²) < 4.78 is 0. The maximum atomic E-state index is 2.79. The van der Waals surface area contributed by atoms with Crippen molar-refractivity contribution in [1.29, 1.82) is 0 Å².